The van der Waals surface area contributed by atoms with Crippen molar-refractivity contribution in [3.05, 3.63) is 35.9 Å². The predicted octanol–water partition coefficient (Wildman–Crippen LogP) is 2.34. The van der Waals surface area contributed by atoms with Crippen LogP contribution in [0, 0.1) is 5.41 Å². The third-order valence-corrected chi connectivity index (χ3v) is 7.53. The van der Waals surface area contributed by atoms with Crippen LogP contribution in [0.5, 0.6) is 0 Å². The van der Waals surface area contributed by atoms with Gasteiger partial charge in [-0.1, -0.05) is 30.3 Å². The number of carboxylic acids is 1. The third kappa shape index (κ3) is 5.80. The first-order valence-corrected chi connectivity index (χ1v) is 12.1. The number of carbonyl (C=O) groups is 3. The van der Waals surface area contributed by atoms with Crippen molar-refractivity contribution in [2.45, 2.75) is 57.7 Å². The molecule has 2 heterocycles. The summed E-state index contributed by atoms with van der Waals surface area (Å²) in [5.74, 6) is 0.283. The molecule has 170 valence electrons. The number of amides is 1. The standard InChI is InChI=1S/C23H32N2O5S/c1-3-30-22(29)18(10-9-17-7-5-4-6-8-17)24-16(2)20(26)25-14-23(11-12-31-15-23)13-19(25)21(27)28/h4-8,16,18-19,24H,3,9-15H2,1-2H3,(H,27,28)/t16?,18-,19-,23?/m0/s1. The van der Waals surface area contributed by atoms with Gasteiger partial charge >= 0.3 is 11.9 Å². The number of carboxylic acid groups (broad SMARTS) is 1. The number of aryl methyl sites for hydroxylation is 1. The fourth-order valence-corrected chi connectivity index (χ4v) is 6.04. The molecule has 1 aromatic rings. The Labute approximate surface area is 187 Å². The molecule has 1 aromatic carbocycles. The molecule has 31 heavy (non-hydrogen) atoms. The number of benzene rings is 1. The first-order valence-electron chi connectivity index (χ1n) is 10.9. The summed E-state index contributed by atoms with van der Waals surface area (Å²) >= 11 is 1.82. The number of ether oxygens (including phenoxy) is 1. The van der Waals surface area contributed by atoms with Gasteiger partial charge in [0.05, 0.1) is 12.6 Å². The van der Waals surface area contributed by atoms with E-state index in [1.54, 1.807) is 13.8 Å². The topological polar surface area (TPSA) is 95.9 Å². The first kappa shape index (κ1) is 23.6. The number of nitrogens with one attached hydrogen (secondary N) is 1. The number of hydrogen-bond donors (Lipinski definition) is 2. The summed E-state index contributed by atoms with van der Waals surface area (Å²) in [6, 6.07) is 7.71. The van der Waals surface area contributed by atoms with Crippen molar-refractivity contribution in [2.75, 3.05) is 24.7 Å². The Kier molecular flexibility index (Phi) is 8.00. The van der Waals surface area contributed by atoms with Crippen molar-refractivity contribution in [3.63, 3.8) is 0 Å². The van der Waals surface area contributed by atoms with E-state index < -0.39 is 30.1 Å². The van der Waals surface area contributed by atoms with E-state index in [9.17, 15) is 19.5 Å². The zero-order valence-electron chi connectivity index (χ0n) is 18.2. The Balaban J connectivity index is 1.67. The second-order valence-electron chi connectivity index (χ2n) is 8.54. The number of likely N-dealkylation sites (tertiary alicyclic amines) is 1. The van der Waals surface area contributed by atoms with E-state index in [-0.39, 0.29) is 17.9 Å². The lowest BCUT2D eigenvalue weighted by Crippen LogP contribution is -2.53. The molecule has 2 aliphatic rings. The van der Waals surface area contributed by atoms with Crippen LogP contribution in [0.25, 0.3) is 0 Å². The molecular formula is C23H32N2O5S. The number of rotatable bonds is 9. The molecule has 0 bridgehead atoms. The smallest absolute Gasteiger partial charge is 0.326 e. The highest BCUT2D eigenvalue weighted by molar-refractivity contribution is 7.99. The predicted molar refractivity (Wildman–Crippen MR) is 120 cm³/mol. The van der Waals surface area contributed by atoms with Gasteiger partial charge in [-0.3, -0.25) is 14.9 Å². The van der Waals surface area contributed by atoms with E-state index >= 15 is 0 Å². The average Bonchev–Trinajstić information content (AvgIpc) is 3.38. The van der Waals surface area contributed by atoms with Gasteiger partial charge in [0.2, 0.25) is 5.91 Å². The van der Waals surface area contributed by atoms with Crippen LogP contribution >= 0.6 is 11.8 Å². The van der Waals surface area contributed by atoms with Gasteiger partial charge in [0.1, 0.15) is 12.1 Å². The average molecular weight is 449 g/mol. The third-order valence-electron chi connectivity index (χ3n) is 6.22. The summed E-state index contributed by atoms with van der Waals surface area (Å²) in [7, 11) is 0. The van der Waals surface area contributed by atoms with Crippen LogP contribution in [0.3, 0.4) is 0 Å². The zero-order valence-corrected chi connectivity index (χ0v) is 19.0. The molecule has 0 radical (unpaired) electrons. The molecule has 2 N–H and O–H groups in total. The van der Waals surface area contributed by atoms with Crippen LogP contribution in [0.4, 0.5) is 0 Å². The van der Waals surface area contributed by atoms with Gasteiger partial charge in [-0.25, -0.2) is 4.79 Å². The van der Waals surface area contributed by atoms with Crippen LogP contribution < -0.4 is 5.32 Å². The SMILES string of the molecule is CCOC(=O)[C@H](CCc1ccccc1)NC(C)C(=O)N1CC2(CCSC2)C[C@H]1C(=O)O. The lowest BCUT2D eigenvalue weighted by molar-refractivity contribution is -0.150. The lowest BCUT2D eigenvalue weighted by atomic mass is 9.85. The maximum atomic E-state index is 13.2. The molecule has 7 nitrogen and oxygen atoms in total. The molecule has 2 unspecified atom stereocenters. The maximum Gasteiger partial charge on any atom is 0.326 e. The highest BCUT2D eigenvalue weighted by Crippen LogP contribution is 2.46. The van der Waals surface area contributed by atoms with Gasteiger partial charge in [0, 0.05) is 17.7 Å². The normalized spacial score (nSPS) is 24.8. The summed E-state index contributed by atoms with van der Waals surface area (Å²) in [5.41, 5.74) is 1.00. The van der Waals surface area contributed by atoms with Crippen LogP contribution in [0.15, 0.2) is 30.3 Å². The molecule has 0 aliphatic carbocycles. The van der Waals surface area contributed by atoms with Gasteiger partial charge in [-0.05, 0) is 50.8 Å². The fraction of sp³-hybridized carbons (Fsp3) is 0.609. The summed E-state index contributed by atoms with van der Waals surface area (Å²) in [5, 5.41) is 12.8. The number of thioether (sulfide) groups is 1. The van der Waals surface area contributed by atoms with Gasteiger partial charge in [0.25, 0.3) is 0 Å². The molecular weight excluding hydrogens is 416 g/mol. The Bertz CT molecular complexity index is 781. The molecule has 0 aromatic heterocycles. The number of carbonyl (C=O) groups excluding carboxylic acids is 2. The highest BCUT2D eigenvalue weighted by Gasteiger charge is 2.50. The van der Waals surface area contributed by atoms with Gasteiger partial charge < -0.3 is 14.7 Å². The van der Waals surface area contributed by atoms with E-state index in [2.05, 4.69) is 5.32 Å². The Morgan fingerprint density at radius 1 is 1.32 bits per heavy atom. The second kappa shape index (κ2) is 10.5. The molecule has 3 rings (SSSR count). The van der Waals surface area contributed by atoms with Gasteiger partial charge in [-0.2, -0.15) is 11.8 Å². The molecule has 8 heteroatoms. The molecule has 2 fully saturated rings. The first-order chi connectivity index (χ1) is 14.8. The van der Waals surface area contributed by atoms with Crippen molar-refractivity contribution in [2.24, 2.45) is 5.41 Å². The fourth-order valence-electron chi connectivity index (χ4n) is 4.53. The van der Waals surface area contributed by atoms with E-state index in [0.29, 0.717) is 25.8 Å². The summed E-state index contributed by atoms with van der Waals surface area (Å²) in [6.45, 7) is 4.18. The number of aliphatic carboxylic acids is 1. The van der Waals surface area contributed by atoms with E-state index in [4.69, 9.17) is 4.74 Å². The maximum absolute atomic E-state index is 13.2. The lowest BCUT2D eigenvalue weighted by Gasteiger charge is -2.28. The molecule has 2 saturated heterocycles. The van der Waals surface area contributed by atoms with Crippen LogP contribution in [-0.4, -0.2) is 70.6 Å². The van der Waals surface area contributed by atoms with Crippen molar-refractivity contribution < 1.29 is 24.2 Å². The summed E-state index contributed by atoms with van der Waals surface area (Å²) in [6.07, 6.45) is 2.60. The van der Waals surface area contributed by atoms with E-state index in [1.165, 1.54) is 4.90 Å². The van der Waals surface area contributed by atoms with Crippen LogP contribution in [0.2, 0.25) is 0 Å². The van der Waals surface area contributed by atoms with Crippen molar-refractivity contribution in [3.8, 4) is 0 Å². The molecule has 1 spiro atoms. The second-order valence-corrected chi connectivity index (χ2v) is 9.65. The molecule has 2 aliphatic heterocycles. The van der Waals surface area contributed by atoms with Crippen LogP contribution in [-0.2, 0) is 25.5 Å². The van der Waals surface area contributed by atoms with Crippen molar-refractivity contribution in [1.29, 1.82) is 0 Å². The minimum absolute atomic E-state index is 0.100. The van der Waals surface area contributed by atoms with E-state index in [0.717, 1.165) is 23.5 Å². The van der Waals surface area contributed by atoms with Crippen molar-refractivity contribution >= 4 is 29.6 Å². The van der Waals surface area contributed by atoms with Gasteiger partial charge in [-0.15, -0.1) is 0 Å². The van der Waals surface area contributed by atoms with Crippen molar-refractivity contribution in [1.82, 2.24) is 10.2 Å². The zero-order chi connectivity index (χ0) is 22.4. The monoisotopic (exact) mass is 448 g/mol. The minimum Gasteiger partial charge on any atom is -0.480 e. The molecule has 4 atom stereocenters. The van der Waals surface area contributed by atoms with E-state index in [1.807, 2.05) is 42.1 Å². The summed E-state index contributed by atoms with van der Waals surface area (Å²) < 4.78 is 5.21. The Morgan fingerprint density at radius 3 is 2.68 bits per heavy atom. The number of esters is 1. The number of nitrogens with zero attached hydrogens (tertiary/aromatic N) is 1. The number of hydrogen-bond acceptors (Lipinski definition) is 6. The largest absolute Gasteiger partial charge is 0.480 e. The quantitative estimate of drug-likeness (QED) is 0.560. The summed E-state index contributed by atoms with van der Waals surface area (Å²) in [4.78, 5) is 39.1. The highest BCUT2D eigenvalue weighted by atomic mass is 32.2. The van der Waals surface area contributed by atoms with Gasteiger partial charge in [0.15, 0.2) is 0 Å². The Morgan fingerprint density at radius 2 is 2.06 bits per heavy atom. The van der Waals surface area contributed by atoms with Crippen LogP contribution in [0.1, 0.15) is 38.7 Å². The Hall–Kier alpha value is -2.06. The molecule has 1 amide bonds. The molecule has 0 saturated carbocycles. The minimum atomic E-state index is -0.958.